The molecule has 6 heteroatoms. The molecule has 0 heterocycles. The number of halogens is 1. The number of carboxylic acid groups (broad SMARTS) is 1. The first kappa shape index (κ1) is 28.7. The van der Waals surface area contributed by atoms with Gasteiger partial charge in [-0.1, -0.05) is 91.3 Å². The molecule has 1 fully saturated rings. The molecule has 0 bridgehead atoms. The first-order valence-corrected chi connectivity index (χ1v) is 13.8. The Morgan fingerprint density at radius 1 is 1.03 bits per heavy atom. The summed E-state index contributed by atoms with van der Waals surface area (Å²) in [7, 11) is 0. The summed E-state index contributed by atoms with van der Waals surface area (Å²) in [6.45, 7) is 9.52. The quantitative estimate of drug-likeness (QED) is 0.251. The van der Waals surface area contributed by atoms with E-state index in [9.17, 15) is 9.59 Å². The Bertz CT molecular complexity index is 1090. The van der Waals surface area contributed by atoms with Crippen LogP contribution in [0.25, 0.3) is 6.08 Å². The van der Waals surface area contributed by atoms with Crippen molar-refractivity contribution in [2.45, 2.75) is 72.0 Å². The van der Waals surface area contributed by atoms with E-state index in [-0.39, 0.29) is 23.5 Å². The molecular formula is C31H39BrN2O3. The Hall–Kier alpha value is -2.86. The normalized spacial score (nSPS) is 19.2. The third kappa shape index (κ3) is 8.89. The summed E-state index contributed by atoms with van der Waals surface area (Å²) in [5.74, 6) is -0.291. The molecule has 0 aliphatic heterocycles. The molecule has 0 saturated heterocycles. The smallest absolute Gasteiger partial charge is 0.328 e. The zero-order chi connectivity index (χ0) is 27.0. The van der Waals surface area contributed by atoms with Crippen LogP contribution in [0.4, 0.5) is 4.79 Å². The Labute approximate surface area is 229 Å². The number of urea groups is 1. The molecule has 2 N–H and O–H groups in total. The van der Waals surface area contributed by atoms with E-state index in [0.717, 1.165) is 52.9 Å². The third-order valence-electron chi connectivity index (χ3n) is 7.30. The van der Waals surface area contributed by atoms with Crippen LogP contribution in [0.15, 0.2) is 71.2 Å². The van der Waals surface area contributed by atoms with Crippen molar-refractivity contribution in [3.63, 3.8) is 0 Å². The van der Waals surface area contributed by atoms with Crippen molar-refractivity contribution in [2.24, 2.45) is 11.3 Å². The van der Waals surface area contributed by atoms with Gasteiger partial charge in [0.15, 0.2) is 0 Å². The van der Waals surface area contributed by atoms with Crippen molar-refractivity contribution in [1.82, 2.24) is 10.2 Å². The summed E-state index contributed by atoms with van der Waals surface area (Å²) in [6.07, 6.45) is 10.5. The number of hydrogen-bond donors (Lipinski definition) is 2. The number of nitrogens with zero attached hydrogens (tertiary/aromatic N) is 1. The van der Waals surface area contributed by atoms with Gasteiger partial charge in [-0.3, -0.25) is 0 Å². The highest BCUT2D eigenvalue weighted by molar-refractivity contribution is 9.10. The van der Waals surface area contributed by atoms with Crippen molar-refractivity contribution in [3.8, 4) is 0 Å². The van der Waals surface area contributed by atoms with Crippen molar-refractivity contribution >= 4 is 34.0 Å². The predicted octanol–water partition coefficient (Wildman–Crippen LogP) is 7.98. The molecule has 0 radical (unpaired) electrons. The molecule has 2 aromatic rings. The van der Waals surface area contributed by atoms with Gasteiger partial charge in [-0.2, -0.15) is 0 Å². The summed E-state index contributed by atoms with van der Waals surface area (Å²) in [5, 5.41) is 11.9. The minimum atomic E-state index is -0.968. The molecule has 0 aromatic heterocycles. The second-order valence-electron chi connectivity index (χ2n) is 11.0. The molecule has 1 aliphatic rings. The van der Waals surface area contributed by atoms with Crippen molar-refractivity contribution < 1.29 is 14.7 Å². The van der Waals surface area contributed by atoms with Crippen LogP contribution in [0.5, 0.6) is 0 Å². The maximum Gasteiger partial charge on any atom is 0.328 e. The largest absolute Gasteiger partial charge is 0.478 e. The van der Waals surface area contributed by atoms with Crippen molar-refractivity contribution in [2.75, 3.05) is 0 Å². The fraction of sp³-hybridized carbons (Fsp3) is 0.419. The van der Waals surface area contributed by atoms with E-state index >= 15 is 0 Å². The maximum atomic E-state index is 13.6. The molecule has 2 amide bonds. The van der Waals surface area contributed by atoms with E-state index in [1.165, 1.54) is 6.08 Å². The highest BCUT2D eigenvalue weighted by atomic mass is 79.9. The van der Waals surface area contributed by atoms with Gasteiger partial charge in [0, 0.05) is 23.1 Å². The number of aliphatic carboxylic acids is 1. The summed E-state index contributed by atoms with van der Waals surface area (Å²) < 4.78 is 1.02. The van der Waals surface area contributed by atoms with Gasteiger partial charge in [-0.15, -0.1) is 0 Å². The van der Waals surface area contributed by atoms with Crippen LogP contribution < -0.4 is 5.32 Å². The number of nitrogens with one attached hydrogen (secondary N) is 1. The summed E-state index contributed by atoms with van der Waals surface area (Å²) >= 11 is 3.48. The molecule has 5 nitrogen and oxygen atoms in total. The first-order chi connectivity index (χ1) is 17.5. The highest BCUT2D eigenvalue weighted by Crippen LogP contribution is 2.39. The van der Waals surface area contributed by atoms with E-state index in [0.29, 0.717) is 12.5 Å². The van der Waals surface area contributed by atoms with E-state index in [1.807, 2.05) is 66.4 Å². The average molecular weight is 568 g/mol. The molecule has 1 saturated carbocycles. The van der Waals surface area contributed by atoms with Crippen LogP contribution >= 0.6 is 15.9 Å². The second-order valence-corrected chi connectivity index (χ2v) is 11.9. The molecule has 0 spiro atoms. The van der Waals surface area contributed by atoms with E-state index < -0.39 is 5.97 Å². The lowest BCUT2D eigenvalue weighted by atomic mass is 9.71. The number of benzene rings is 2. The topological polar surface area (TPSA) is 69.6 Å². The molecule has 1 aliphatic carbocycles. The van der Waals surface area contributed by atoms with Gasteiger partial charge >= 0.3 is 12.0 Å². The van der Waals surface area contributed by atoms with Gasteiger partial charge in [-0.05, 0) is 72.8 Å². The molecule has 198 valence electrons. The average Bonchev–Trinajstić information content (AvgIpc) is 2.85. The van der Waals surface area contributed by atoms with Crippen LogP contribution in [0.1, 0.15) is 76.1 Å². The lowest BCUT2D eigenvalue weighted by Crippen LogP contribution is -2.48. The Kier molecular flexibility index (Phi) is 10.2. The standard InChI is InChI=1S/C31H39BrN2O3/c1-22(25-13-17-27(32)18-14-25)33-30(37)34(28-19-15-26(16-20-28)31(2,3)4)21-24-11-9-23(10-12-24)7-5-6-8-29(35)36/h5-14,17-18,22,26,28H,15-16,19-21H2,1-4H3,(H,33,37)(H,35,36)/b7-5+,8-6+. The Morgan fingerprint density at radius 3 is 2.22 bits per heavy atom. The lowest BCUT2D eigenvalue weighted by molar-refractivity contribution is -0.131. The summed E-state index contributed by atoms with van der Waals surface area (Å²) in [4.78, 5) is 26.2. The minimum Gasteiger partial charge on any atom is -0.478 e. The van der Waals surface area contributed by atoms with Gasteiger partial charge < -0.3 is 15.3 Å². The number of amides is 2. The fourth-order valence-electron chi connectivity index (χ4n) is 4.96. The highest BCUT2D eigenvalue weighted by Gasteiger charge is 2.34. The predicted molar refractivity (Wildman–Crippen MR) is 154 cm³/mol. The van der Waals surface area contributed by atoms with Gasteiger partial charge in [0.2, 0.25) is 0 Å². The molecule has 1 unspecified atom stereocenters. The van der Waals surface area contributed by atoms with Crippen LogP contribution in [0, 0.1) is 11.3 Å². The molecule has 1 atom stereocenters. The van der Waals surface area contributed by atoms with E-state index in [1.54, 1.807) is 6.08 Å². The van der Waals surface area contributed by atoms with Crippen molar-refractivity contribution in [3.05, 3.63) is 87.9 Å². The molecule has 37 heavy (non-hydrogen) atoms. The minimum absolute atomic E-state index is 0.0302. The zero-order valence-electron chi connectivity index (χ0n) is 22.3. The SMILES string of the molecule is CC(NC(=O)N(Cc1ccc(/C=C/C=C/C(=O)O)cc1)C1CCC(C(C)(C)C)CC1)c1ccc(Br)cc1. The molecule has 3 rings (SSSR count). The van der Waals surface area contributed by atoms with E-state index in [4.69, 9.17) is 5.11 Å². The van der Waals surface area contributed by atoms with Crippen LogP contribution in [0.3, 0.4) is 0 Å². The fourth-order valence-corrected chi connectivity index (χ4v) is 5.22. The number of carboxylic acids is 1. The zero-order valence-corrected chi connectivity index (χ0v) is 23.9. The number of rotatable bonds is 8. The number of allylic oxidation sites excluding steroid dienone is 2. The van der Waals surface area contributed by atoms with Gasteiger partial charge in [-0.25, -0.2) is 9.59 Å². The van der Waals surface area contributed by atoms with Crippen LogP contribution in [-0.4, -0.2) is 28.0 Å². The number of hydrogen-bond acceptors (Lipinski definition) is 2. The summed E-state index contributed by atoms with van der Waals surface area (Å²) in [6, 6.07) is 16.2. The van der Waals surface area contributed by atoms with Crippen molar-refractivity contribution in [1.29, 1.82) is 0 Å². The maximum absolute atomic E-state index is 13.6. The Morgan fingerprint density at radius 2 is 1.65 bits per heavy atom. The molecule has 2 aromatic carbocycles. The second kappa shape index (κ2) is 13.1. The Balaban J connectivity index is 1.73. The summed E-state index contributed by atoms with van der Waals surface area (Å²) in [5.41, 5.74) is 3.41. The van der Waals surface area contributed by atoms with E-state index in [2.05, 4.69) is 42.0 Å². The monoisotopic (exact) mass is 566 g/mol. The lowest BCUT2D eigenvalue weighted by Gasteiger charge is -2.41. The number of carbonyl (C=O) groups is 2. The van der Waals surface area contributed by atoms with Crippen LogP contribution in [0.2, 0.25) is 0 Å². The van der Waals surface area contributed by atoms with Crippen LogP contribution in [-0.2, 0) is 11.3 Å². The first-order valence-electron chi connectivity index (χ1n) is 13.0. The third-order valence-corrected chi connectivity index (χ3v) is 7.83. The van der Waals surface area contributed by atoms with Gasteiger partial charge in [0.1, 0.15) is 0 Å². The van der Waals surface area contributed by atoms with Gasteiger partial charge in [0.05, 0.1) is 6.04 Å². The molecular weight excluding hydrogens is 528 g/mol. The van der Waals surface area contributed by atoms with Gasteiger partial charge in [0.25, 0.3) is 0 Å². The number of carbonyl (C=O) groups excluding carboxylic acids is 1.